The third kappa shape index (κ3) is 3.44. The fourth-order valence-corrected chi connectivity index (χ4v) is 1.41. The Balaban J connectivity index is 2.79. The first-order valence-electron chi connectivity index (χ1n) is 5.15. The summed E-state index contributed by atoms with van der Waals surface area (Å²) in [5, 5.41) is 9.11. The minimum Gasteiger partial charge on any atom is -0.480 e. The van der Waals surface area contributed by atoms with E-state index in [1.807, 2.05) is 0 Å². The maximum absolute atomic E-state index is 11.6. The second kappa shape index (κ2) is 5.83. The topological polar surface area (TPSA) is 86.3 Å². The highest BCUT2D eigenvalue weighted by atomic mass is 16.4. The predicted molar refractivity (Wildman–Crippen MR) is 61.3 cm³/mol. The molecular formula is C11H15N3O3. The second-order valence-electron chi connectivity index (χ2n) is 3.58. The number of likely N-dealkylation sites (N-methyl/N-ethyl adjacent to an activating group) is 1. The summed E-state index contributed by atoms with van der Waals surface area (Å²) in [6.45, 7) is 1.70. The van der Waals surface area contributed by atoms with E-state index in [-0.39, 0.29) is 12.3 Å². The molecule has 1 aromatic rings. The van der Waals surface area contributed by atoms with Crippen LogP contribution in [-0.4, -0.2) is 44.9 Å². The van der Waals surface area contributed by atoms with Gasteiger partial charge in [-0.25, -0.2) is 9.78 Å². The van der Waals surface area contributed by atoms with Crippen molar-refractivity contribution in [3.8, 4) is 0 Å². The van der Waals surface area contributed by atoms with Gasteiger partial charge in [-0.05, 0) is 13.0 Å². The number of aromatic amines is 1. The van der Waals surface area contributed by atoms with Crippen LogP contribution >= 0.6 is 0 Å². The zero-order valence-corrected chi connectivity index (χ0v) is 9.75. The lowest BCUT2D eigenvalue weighted by molar-refractivity contribution is -0.147. The molecule has 0 aliphatic rings. The van der Waals surface area contributed by atoms with Crippen LogP contribution in [0.4, 0.5) is 0 Å². The third-order valence-corrected chi connectivity index (χ3v) is 2.38. The first kappa shape index (κ1) is 13.0. The molecule has 1 amide bonds. The van der Waals surface area contributed by atoms with Crippen molar-refractivity contribution in [2.45, 2.75) is 19.4 Å². The number of imidazole rings is 1. The van der Waals surface area contributed by atoms with Crippen LogP contribution < -0.4 is 0 Å². The van der Waals surface area contributed by atoms with Crippen LogP contribution in [0.2, 0.25) is 0 Å². The van der Waals surface area contributed by atoms with Crippen LogP contribution in [-0.2, 0) is 16.0 Å². The van der Waals surface area contributed by atoms with Crippen molar-refractivity contribution < 1.29 is 14.7 Å². The molecule has 1 heterocycles. The van der Waals surface area contributed by atoms with Gasteiger partial charge in [0.15, 0.2) is 0 Å². The van der Waals surface area contributed by atoms with Gasteiger partial charge in [-0.1, -0.05) is 6.08 Å². The number of hydrogen-bond acceptors (Lipinski definition) is 3. The van der Waals surface area contributed by atoms with E-state index in [0.717, 1.165) is 0 Å². The van der Waals surface area contributed by atoms with Gasteiger partial charge in [0.2, 0.25) is 5.91 Å². The van der Waals surface area contributed by atoms with E-state index in [4.69, 9.17) is 5.11 Å². The Kier molecular flexibility index (Phi) is 4.45. The molecule has 1 atom stereocenters. The molecule has 17 heavy (non-hydrogen) atoms. The van der Waals surface area contributed by atoms with Gasteiger partial charge in [0.25, 0.3) is 0 Å². The van der Waals surface area contributed by atoms with E-state index >= 15 is 0 Å². The van der Waals surface area contributed by atoms with Crippen molar-refractivity contribution in [3.63, 3.8) is 0 Å². The van der Waals surface area contributed by atoms with Gasteiger partial charge < -0.3 is 15.0 Å². The van der Waals surface area contributed by atoms with Gasteiger partial charge in [0.1, 0.15) is 6.04 Å². The molecule has 1 rings (SSSR count). The Morgan fingerprint density at radius 3 is 2.82 bits per heavy atom. The molecule has 92 valence electrons. The number of carbonyl (C=O) groups is 2. The zero-order chi connectivity index (χ0) is 12.8. The van der Waals surface area contributed by atoms with Gasteiger partial charge >= 0.3 is 5.97 Å². The standard InChI is InChI=1S/C11H15N3O3/c1-3-4-10(15)14(2)9(11(16)17)5-8-6-12-7-13-8/h3-4,6-7,9H,5H2,1-2H3,(H,12,13)(H,16,17)/b4-3+/t9-/m0/s1. The SMILES string of the molecule is C/C=C/C(=O)N(C)[C@@H](Cc1cnc[nH]1)C(=O)O. The van der Waals surface area contributed by atoms with E-state index < -0.39 is 12.0 Å². The molecule has 6 nitrogen and oxygen atoms in total. The van der Waals surface area contributed by atoms with Crippen molar-refractivity contribution in [2.24, 2.45) is 0 Å². The molecular weight excluding hydrogens is 222 g/mol. The van der Waals surface area contributed by atoms with E-state index in [2.05, 4.69) is 9.97 Å². The maximum atomic E-state index is 11.6. The average Bonchev–Trinajstić information content (AvgIpc) is 2.77. The van der Waals surface area contributed by atoms with Gasteiger partial charge in [-0.15, -0.1) is 0 Å². The lowest BCUT2D eigenvalue weighted by Gasteiger charge is -2.23. The smallest absolute Gasteiger partial charge is 0.326 e. The van der Waals surface area contributed by atoms with Gasteiger partial charge in [0, 0.05) is 25.4 Å². The summed E-state index contributed by atoms with van der Waals surface area (Å²) < 4.78 is 0. The molecule has 0 unspecified atom stereocenters. The number of hydrogen-bond donors (Lipinski definition) is 2. The fraction of sp³-hybridized carbons (Fsp3) is 0.364. The van der Waals surface area contributed by atoms with Crippen LogP contribution in [0.3, 0.4) is 0 Å². The Morgan fingerprint density at radius 1 is 1.65 bits per heavy atom. The van der Waals surface area contributed by atoms with Crippen LogP contribution in [0.1, 0.15) is 12.6 Å². The van der Waals surface area contributed by atoms with E-state index in [1.54, 1.807) is 19.2 Å². The van der Waals surface area contributed by atoms with Crippen molar-refractivity contribution >= 4 is 11.9 Å². The Hall–Kier alpha value is -2.11. The normalized spacial score (nSPS) is 12.6. The maximum Gasteiger partial charge on any atom is 0.326 e. The molecule has 6 heteroatoms. The number of aliphatic carboxylic acids is 1. The van der Waals surface area contributed by atoms with Crippen molar-refractivity contribution in [3.05, 3.63) is 30.4 Å². The number of nitrogens with one attached hydrogen (secondary N) is 1. The molecule has 2 N–H and O–H groups in total. The highest BCUT2D eigenvalue weighted by molar-refractivity contribution is 5.91. The molecule has 0 fully saturated rings. The van der Waals surface area contributed by atoms with Crippen LogP contribution in [0.25, 0.3) is 0 Å². The number of nitrogens with zero attached hydrogens (tertiary/aromatic N) is 2. The molecule has 0 spiro atoms. The van der Waals surface area contributed by atoms with Crippen molar-refractivity contribution in [2.75, 3.05) is 7.05 Å². The Morgan fingerprint density at radius 2 is 2.35 bits per heavy atom. The van der Waals surface area contributed by atoms with Crippen LogP contribution in [0.5, 0.6) is 0 Å². The summed E-state index contributed by atoms with van der Waals surface area (Å²) in [7, 11) is 1.47. The average molecular weight is 237 g/mol. The zero-order valence-electron chi connectivity index (χ0n) is 9.75. The first-order valence-corrected chi connectivity index (χ1v) is 5.15. The minimum atomic E-state index is -1.04. The van der Waals surface area contributed by atoms with Gasteiger partial charge in [-0.2, -0.15) is 0 Å². The molecule has 1 aromatic heterocycles. The molecule has 0 aromatic carbocycles. The minimum absolute atomic E-state index is 0.203. The molecule has 0 aliphatic heterocycles. The Labute approximate surface area is 99.0 Å². The molecule has 0 saturated carbocycles. The van der Waals surface area contributed by atoms with Crippen LogP contribution in [0, 0.1) is 0 Å². The lowest BCUT2D eigenvalue weighted by atomic mass is 10.1. The molecule has 0 radical (unpaired) electrons. The predicted octanol–water partition coefficient (Wildman–Crippen LogP) is 0.440. The number of rotatable bonds is 5. The number of allylic oxidation sites excluding steroid dienone is 1. The highest BCUT2D eigenvalue weighted by Gasteiger charge is 2.25. The van der Waals surface area contributed by atoms with Crippen molar-refractivity contribution in [1.29, 1.82) is 0 Å². The van der Waals surface area contributed by atoms with Gasteiger partial charge in [-0.3, -0.25) is 4.79 Å². The number of amides is 1. The van der Waals surface area contributed by atoms with Gasteiger partial charge in [0.05, 0.1) is 6.33 Å². The Bertz CT molecular complexity index is 412. The monoisotopic (exact) mass is 237 g/mol. The number of carboxylic acids is 1. The fourth-order valence-electron chi connectivity index (χ4n) is 1.41. The first-order chi connectivity index (χ1) is 8.06. The largest absolute Gasteiger partial charge is 0.480 e. The van der Waals surface area contributed by atoms with E-state index in [9.17, 15) is 9.59 Å². The van der Waals surface area contributed by atoms with E-state index in [1.165, 1.54) is 24.4 Å². The molecule has 0 saturated heterocycles. The quantitative estimate of drug-likeness (QED) is 0.727. The van der Waals surface area contributed by atoms with Crippen LogP contribution in [0.15, 0.2) is 24.7 Å². The molecule has 0 aliphatic carbocycles. The number of carboxylic acid groups (broad SMARTS) is 1. The third-order valence-electron chi connectivity index (χ3n) is 2.38. The van der Waals surface area contributed by atoms with Crippen molar-refractivity contribution in [1.82, 2.24) is 14.9 Å². The molecule has 0 bridgehead atoms. The summed E-state index contributed by atoms with van der Waals surface area (Å²) in [5.74, 6) is -1.38. The number of carbonyl (C=O) groups excluding carboxylic acids is 1. The number of H-pyrrole nitrogens is 1. The summed E-state index contributed by atoms with van der Waals surface area (Å²) in [6, 6.07) is -0.904. The number of aromatic nitrogens is 2. The summed E-state index contributed by atoms with van der Waals surface area (Å²) >= 11 is 0. The summed E-state index contributed by atoms with van der Waals surface area (Å²) in [6.07, 6.45) is 6.14. The second-order valence-corrected chi connectivity index (χ2v) is 3.58. The van der Waals surface area contributed by atoms with E-state index in [0.29, 0.717) is 5.69 Å². The lowest BCUT2D eigenvalue weighted by Crippen LogP contribution is -2.43. The summed E-state index contributed by atoms with van der Waals surface area (Å²) in [4.78, 5) is 30.5. The highest BCUT2D eigenvalue weighted by Crippen LogP contribution is 2.06. The summed E-state index contributed by atoms with van der Waals surface area (Å²) in [5.41, 5.74) is 0.678.